The average Bonchev–Trinajstić information content (AvgIpc) is 2.73. The molecule has 0 bridgehead atoms. The van der Waals surface area contributed by atoms with E-state index in [1.165, 1.54) is 0 Å². The summed E-state index contributed by atoms with van der Waals surface area (Å²) in [6, 6.07) is 4.12. The van der Waals surface area contributed by atoms with Crippen molar-refractivity contribution in [2.45, 2.75) is 18.9 Å². The van der Waals surface area contributed by atoms with Crippen LogP contribution in [0.15, 0.2) is 12.1 Å². The summed E-state index contributed by atoms with van der Waals surface area (Å²) < 4.78 is 27.2. The monoisotopic (exact) mass is 251 g/mol. The van der Waals surface area contributed by atoms with Crippen molar-refractivity contribution in [3.8, 4) is 6.07 Å². The topological polar surface area (TPSA) is 39.1 Å². The van der Waals surface area contributed by atoms with E-state index in [0.717, 1.165) is 31.5 Å². The van der Waals surface area contributed by atoms with Crippen LogP contribution in [0.2, 0.25) is 0 Å². The Morgan fingerprint density at radius 2 is 2.11 bits per heavy atom. The molecule has 5 heteroatoms. The molecular formula is C13H15F2N3. The molecule has 3 nitrogen and oxygen atoms in total. The van der Waals surface area contributed by atoms with E-state index in [2.05, 4.69) is 10.2 Å². The smallest absolute Gasteiger partial charge is 0.150 e. The van der Waals surface area contributed by atoms with Gasteiger partial charge in [-0.15, -0.1) is 0 Å². The molecule has 1 saturated heterocycles. The number of likely N-dealkylation sites (tertiary alicyclic amines) is 1. The Morgan fingerprint density at radius 1 is 1.44 bits per heavy atom. The summed E-state index contributed by atoms with van der Waals surface area (Å²) in [6.07, 6.45) is 2.14. The maximum absolute atomic E-state index is 13.6. The minimum Gasteiger partial charge on any atom is -0.379 e. The highest BCUT2D eigenvalue weighted by molar-refractivity contribution is 5.50. The fourth-order valence-electron chi connectivity index (χ4n) is 2.26. The fourth-order valence-corrected chi connectivity index (χ4v) is 2.26. The first kappa shape index (κ1) is 12.8. The standard InChI is InChI=1S/C13H15F2N3/c1-18-4-2-3-10(18)8-17-13-11(14)5-9(7-16)6-12(13)15/h5-6,10,17H,2-4,8H2,1H3. The summed E-state index contributed by atoms with van der Waals surface area (Å²) in [4.78, 5) is 2.17. The van der Waals surface area contributed by atoms with Gasteiger partial charge in [0, 0.05) is 12.6 Å². The van der Waals surface area contributed by atoms with E-state index in [9.17, 15) is 8.78 Å². The number of benzene rings is 1. The number of hydrogen-bond acceptors (Lipinski definition) is 3. The van der Waals surface area contributed by atoms with Crippen molar-refractivity contribution < 1.29 is 8.78 Å². The number of halogens is 2. The lowest BCUT2D eigenvalue weighted by Crippen LogP contribution is -2.31. The molecule has 0 aliphatic carbocycles. The minimum absolute atomic E-state index is 0.00599. The zero-order valence-electron chi connectivity index (χ0n) is 10.2. The zero-order valence-corrected chi connectivity index (χ0v) is 10.2. The summed E-state index contributed by atoms with van der Waals surface area (Å²) in [5.41, 5.74) is -0.150. The molecule has 96 valence electrons. The first-order chi connectivity index (χ1) is 8.61. The molecule has 1 aromatic carbocycles. The highest BCUT2D eigenvalue weighted by Gasteiger charge is 2.21. The van der Waals surface area contributed by atoms with Crippen molar-refractivity contribution in [2.75, 3.05) is 25.5 Å². The third kappa shape index (κ3) is 2.59. The number of rotatable bonds is 3. The van der Waals surface area contributed by atoms with Crippen LogP contribution in [-0.4, -0.2) is 31.1 Å². The van der Waals surface area contributed by atoms with Gasteiger partial charge in [0.2, 0.25) is 0 Å². The van der Waals surface area contributed by atoms with Crippen molar-refractivity contribution in [3.05, 3.63) is 29.3 Å². The number of nitrogens with zero attached hydrogens (tertiary/aromatic N) is 2. The lowest BCUT2D eigenvalue weighted by atomic mass is 10.2. The van der Waals surface area contributed by atoms with Crippen LogP contribution in [0.3, 0.4) is 0 Å². The third-order valence-corrected chi connectivity index (χ3v) is 3.36. The summed E-state index contributed by atoms with van der Waals surface area (Å²) in [5, 5.41) is 11.4. The van der Waals surface area contributed by atoms with E-state index in [0.29, 0.717) is 12.6 Å². The van der Waals surface area contributed by atoms with Crippen LogP contribution in [0, 0.1) is 23.0 Å². The molecule has 1 atom stereocenters. The predicted octanol–water partition coefficient (Wildman–Crippen LogP) is 2.34. The highest BCUT2D eigenvalue weighted by atomic mass is 19.1. The Balaban J connectivity index is 2.08. The molecule has 1 aliphatic heterocycles. The van der Waals surface area contributed by atoms with Crippen LogP contribution >= 0.6 is 0 Å². The Morgan fingerprint density at radius 3 is 2.61 bits per heavy atom. The van der Waals surface area contributed by atoms with Crippen molar-refractivity contribution in [2.24, 2.45) is 0 Å². The SMILES string of the molecule is CN1CCCC1CNc1c(F)cc(C#N)cc1F. The molecule has 1 aliphatic rings. The molecule has 0 aromatic heterocycles. The maximum Gasteiger partial charge on any atom is 0.150 e. The van der Waals surface area contributed by atoms with Crippen molar-refractivity contribution in [3.63, 3.8) is 0 Å². The molecule has 1 heterocycles. The van der Waals surface area contributed by atoms with Crippen LogP contribution in [-0.2, 0) is 0 Å². The van der Waals surface area contributed by atoms with Crippen LogP contribution < -0.4 is 5.32 Å². The highest BCUT2D eigenvalue weighted by Crippen LogP contribution is 2.22. The molecule has 18 heavy (non-hydrogen) atoms. The van der Waals surface area contributed by atoms with Gasteiger partial charge < -0.3 is 10.2 Å². The van der Waals surface area contributed by atoms with Gasteiger partial charge in [0.15, 0.2) is 11.6 Å². The van der Waals surface area contributed by atoms with Gasteiger partial charge in [0.25, 0.3) is 0 Å². The zero-order chi connectivity index (χ0) is 13.1. The molecule has 1 N–H and O–H groups in total. The maximum atomic E-state index is 13.6. The van der Waals surface area contributed by atoms with Gasteiger partial charge in [-0.1, -0.05) is 0 Å². The van der Waals surface area contributed by atoms with E-state index in [1.54, 1.807) is 6.07 Å². The van der Waals surface area contributed by atoms with Crippen LogP contribution in [0.5, 0.6) is 0 Å². The third-order valence-electron chi connectivity index (χ3n) is 3.36. The lowest BCUT2D eigenvalue weighted by Gasteiger charge is -2.20. The second-order valence-electron chi connectivity index (χ2n) is 4.58. The number of likely N-dealkylation sites (N-methyl/N-ethyl adjacent to an activating group) is 1. The Kier molecular flexibility index (Phi) is 3.78. The molecule has 1 unspecified atom stereocenters. The summed E-state index contributed by atoms with van der Waals surface area (Å²) in [5.74, 6) is -1.43. The van der Waals surface area contributed by atoms with E-state index >= 15 is 0 Å². The Bertz CT molecular complexity index is 459. The van der Waals surface area contributed by atoms with Gasteiger partial charge in [-0.25, -0.2) is 8.78 Å². The average molecular weight is 251 g/mol. The quantitative estimate of drug-likeness (QED) is 0.896. The lowest BCUT2D eigenvalue weighted by molar-refractivity contribution is 0.322. The second-order valence-corrected chi connectivity index (χ2v) is 4.58. The minimum atomic E-state index is -0.716. The first-order valence-corrected chi connectivity index (χ1v) is 5.95. The van der Waals surface area contributed by atoms with Gasteiger partial charge >= 0.3 is 0 Å². The number of nitrogens with one attached hydrogen (secondary N) is 1. The van der Waals surface area contributed by atoms with Crippen LogP contribution in [0.1, 0.15) is 18.4 Å². The summed E-state index contributed by atoms with van der Waals surface area (Å²) in [7, 11) is 2.00. The van der Waals surface area contributed by atoms with E-state index in [-0.39, 0.29) is 11.3 Å². The largest absolute Gasteiger partial charge is 0.379 e. The molecule has 0 radical (unpaired) electrons. The van der Waals surface area contributed by atoms with Gasteiger partial charge in [-0.05, 0) is 38.6 Å². The van der Waals surface area contributed by atoms with Crippen molar-refractivity contribution >= 4 is 5.69 Å². The molecule has 0 spiro atoms. The molecule has 1 fully saturated rings. The van der Waals surface area contributed by atoms with E-state index < -0.39 is 11.6 Å². The number of hydrogen-bond donors (Lipinski definition) is 1. The van der Waals surface area contributed by atoms with Crippen LogP contribution in [0.25, 0.3) is 0 Å². The van der Waals surface area contributed by atoms with Gasteiger partial charge in [0.05, 0.1) is 11.6 Å². The van der Waals surface area contributed by atoms with Crippen LogP contribution in [0.4, 0.5) is 14.5 Å². The molecule has 2 rings (SSSR count). The van der Waals surface area contributed by atoms with E-state index in [4.69, 9.17) is 5.26 Å². The van der Waals surface area contributed by atoms with Gasteiger partial charge in [-0.2, -0.15) is 5.26 Å². The molecule has 0 amide bonds. The number of nitriles is 1. The predicted molar refractivity (Wildman–Crippen MR) is 65.2 cm³/mol. The summed E-state index contributed by atoms with van der Waals surface area (Å²) in [6.45, 7) is 1.53. The Hall–Kier alpha value is -1.67. The van der Waals surface area contributed by atoms with Gasteiger partial charge in [0.1, 0.15) is 5.69 Å². The number of anilines is 1. The van der Waals surface area contributed by atoms with E-state index in [1.807, 2.05) is 7.05 Å². The Labute approximate surface area is 105 Å². The second kappa shape index (κ2) is 5.32. The van der Waals surface area contributed by atoms with Gasteiger partial charge in [-0.3, -0.25) is 0 Å². The first-order valence-electron chi connectivity index (χ1n) is 5.95. The van der Waals surface area contributed by atoms with Crippen molar-refractivity contribution in [1.29, 1.82) is 5.26 Å². The molecular weight excluding hydrogens is 236 g/mol. The summed E-state index contributed by atoms with van der Waals surface area (Å²) >= 11 is 0. The molecule has 0 saturated carbocycles. The fraction of sp³-hybridized carbons (Fsp3) is 0.462. The molecule has 1 aromatic rings. The normalized spacial score (nSPS) is 19.8. The van der Waals surface area contributed by atoms with Crippen molar-refractivity contribution in [1.82, 2.24) is 4.90 Å².